The van der Waals surface area contributed by atoms with E-state index in [1.807, 2.05) is 0 Å². The monoisotopic (exact) mass is 412 g/mol. The lowest BCUT2D eigenvalue weighted by molar-refractivity contribution is 0.105. The van der Waals surface area contributed by atoms with Crippen LogP contribution in [0.25, 0.3) is 11.3 Å². The van der Waals surface area contributed by atoms with Crippen molar-refractivity contribution in [2.45, 2.75) is 12.8 Å². The van der Waals surface area contributed by atoms with Crippen LogP contribution in [-0.4, -0.2) is 60.6 Å². The number of halogens is 2. The second-order valence-corrected chi connectivity index (χ2v) is 7.21. The van der Waals surface area contributed by atoms with E-state index in [9.17, 15) is 0 Å². The zero-order valence-electron chi connectivity index (χ0n) is 15.9. The summed E-state index contributed by atoms with van der Waals surface area (Å²) in [5, 5.41) is 8.31. The fourth-order valence-electron chi connectivity index (χ4n) is 4.08. The summed E-state index contributed by atoms with van der Waals surface area (Å²) >= 11 is 0. The van der Waals surface area contributed by atoms with Crippen LogP contribution in [0.5, 0.6) is 0 Å². The predicted octanol–water partition coefficient (Wildman–Crippen LogP) is 2.57. The van der Waals surface area contributed by atoms with Crippen molar-refractivity contribution < 1.29 is 4.74 Å². The average Bonchev–Trinajstić information content (AvgIpc) is 2.85. The molecule has 2 aliphatic heterocycles. The molecule has 2 aromatic rings. The first-order chi connectivity index (χ1) is 12.3. The minimum absolute atomic E-state index is 0. The van der Waals surface area contributed by atoms with Gasteiger partial charge in [-0.1, -0.05) is 30.3 Å². The molecule has 2 aliphatic rings. The lowest BCUT2D eigenvalue weighted by Crippen LogP contribution is -2.37. The molecule has 4 rings (SSSR count). The van der Waals surface area contributed by atoms with Crippen LogP contribution in [0.4, 0.5) is 0 Å². The highest BCUT2D eigenvalue weighted by Crippen LogP contribution is 2.28. The molecule has 0 spiro atoms. The predicted molar refractivity (Wildman–Crippen MR) is 114 cm³/mol. The Balaban J connectivity index is 0.00000131. The molecule has 3 heterocycles. The highest BCUT2D eigenvalue weighted by Gasteiger charge is 2.24. The Hall–Kier alpha value is -1.11. The Kier molecular flexibility index (Phi) is 8.58. The van der Waals surface area contributed by atoms with Gasteiger partial charge in [-0.3, -0.25) is 4.68 Å². The molecule has 1 aromatic carbocycles. The van der Waals surface area contributed by atoms with Crippen LogP contribution in [0.15, 0.2) is 30.3 Å². The third kappa shape index (κ3) is 5.24. The smallest absolute Gasteiger partial charge is 0.0958 e. The summed E-state index contributed by atoms with van der Waals surface area (Å²) in [5.74, 6) is 0.593. The average molecular weight is 413 g/mol. The summed E-state index contributed by atoms with van der Waals surface area (Å²) in [4.78, 5) is 2.61. The van der Waals surface area contributed by atoms with Gasteiger partial charge in [-0.15, -0.1) is 24.8 Å². The molecule has 0 saturated carbocycles. The first-order valence-corrected chi connectivity index (χ1v) is 9.42. The van der Waals surface area contributed by atoms with Crippen molar-refractivity contribution in [3.05, 3.63) is 41.6 Å². The summed E-state index contributed by atoms with van der Waals surface area (Å²) in [7, 11) is 2.09. The topological polar surface area (TPSA) is 42.3 Å². The van der Waals surface area contributed by atoms with Crippen molar-refractivity contribution in [2.75, 3.05) is 45.9 Å². The Morgan fingerprint density at radius 1 is 1.15 bits per heavy atom. The highest BCUT2D eigenvalue weighted by molar-refractivity contribution is 5.85. The van der Waals surface area contributed by atoms with Crippen LogP contribution in [0.3, 0.4) is 0 Å². The molecule has 1 atom stereocenters. The second-order valence-electron chi connectivity index (χ2n) is 7.21. The van der Waals surface area contributed by atoms with E-state index < -0.39 is 0 Å². The van der Waals surface area contributed by atoms with Gasteiger partial charge in [0, 0.05) is 68.9 Å². The number of rotatable bonds is 3. The molecule has 1 aromatic heterocycles. The zero-order valence-corrected chi connectivity index (χ0v) is 17.5. The summed E-state index contributed by atoms with van der Waals surface area (Å²) in [5.41, 5.74) is 5.23. The Morgan fingerprint density at radius 2 is 1.93 bits per heavy atom. The quantitative estimate of drug-likeness (QED) is 0.840. The van der Waals surface area contributed by atoms with E-state index in [1.165, 1.54) is 22.5 Å². The van der Waals surface area contributed by atoms with Crippen molar-refractivity contribution in [2.24, 2.45) is 13.0 Å². The van der Waals surface area contributed by atoms with Gasteiger partial charge in [0.25, 0.3) is 0 Å². The fourth-order valence-corrected chi connectivity index (χ4v) is 4.08. The molecule has 0 aliphatic carbocycles. The molecule has 150 valence electrons. The van der Waals surface area contributed by atoms with Gasteiger partial charge >= 0.3 is 0 Å². The van der Waals surface area contributed by atoms with Gasteiger partial charge in [-0.25, -0.2) is 0 Å². The first kappa shape index (κ1) is 22.2. The van der Waals surface area contributed by atoms with Crippen molar-refractivity contribution in [1.82, 2.24) is 20.0 Å². The Bertz CT molecular complexity index is 700. The van der Waals surface area contributed by atoms with Crippen LogP contribution in [0.2, 0.25) is 0 Å². The fraction of sp³-hybridized carbons (Fsp3) is 0.550. The van der Waals surface area contributed by atoms with Crippen LogP contribution < -0.4 is 5.32 Å². The summed E-state index contributed by atoms with van der Waals surface area (Å²) in [6.07, 6.45) is 2.15. The lowest BCUT2D eigenvalue weighted by Gasteiger charge is -2.25. The van der Waals surface area contributed by atoms with Crippen molar-refractivity contribution >= 4 is 24.8 Å². The van der Waals surface area contributed by atoms with Crippen molar-refractivity contribution in [3.63, 3.8) is 0 Å². The molecule has 0 bridgehead atoms. The maximum absolute atomic E-state index is 5.72. The molecule has 5 nitrogen and oxygen atoms in total. The number of aryl methyl sites for hydroxylation is 1. The van der Waals surface area contributed by atoms with Gasteiger partial charge in [0.15, 0.2) is 0 Å². The van der Waals surface area contributed by atoms with E-state index in [0.717, 1.165) is 58.8 Å². The molecule has 7 heteroatoms. The van der Waals surface area contributed by atoms with Crippen LogP contribution in [-0.2, 0) is 24.6 Å². The number of aromatic nitrogens is 2. The van der Waals surface area contributed by atoms with Gasteiger partial charge in [0.2, 0.25) is 0 Å². The third-order valence-corrected chi connectivity index (χ3v) is 5.39. The van der Waals surface area contributed by atoms with Gasteiger partial charge in [0.1, 0.15) is 0 Å². The third-order valence-electron chi connectivity index (χ3n) is 5.39. The van der Waals surface area contributed by atoms with Crippen molar-refractivity contribution in [3.8, 4) is 11.3 Å². The van der Waals surface area contributed by atoms with E-state index >= 15 is 0 Å². The molecule has 0 amide bonds. The van der Waals surface area contributed by atoms with E-state index in [0.29, 0.717) is 5.92 Å². The first-order valence-electron chi connectivity index (χ1n) is 9.42. The summed E-state index contributed by atoms with van der Waals surface area (Å²) in [6.45, 7) is 7.11. The number of ether oxygens (including phenoxy) is 1. The number of benzene rings is 1. The molecule has 1 saturated heterocycles. The minimum Gasteiger partial charge on any atom is -0.380 e. The molecular formula is C20H30Cl2N4O. The van der Waals surface area contributed by atoms with E-state index in [4.69, 9.17) is 9.84 Å². The van der Waals surface area contributed by atoms with E-state index in [2.05, 4.69) is 52.3 Å². The lowest BCUT2D eigenvalue weighted by atomic mass is 10.0. The zero-order chi connectivity index (χ0) is 17.1. The number of nitrogens with one attached hydrogen (secondary N) is 1. The van der Waals surface area contributed by atoms with Crippen molar-refractivity contribution in [1.29, 1.82) is 0 Å². The maximum atomic E-state index is 5.72. The normalized spacial score (nSPS) is 20.6. The second kappa shape index (κ2) is 10.4. The summed E-state index contributed by atoms with van der Waals surface area (Å²) < 4.78 is 7.81. The van der Waals surface area contributed by atoms with Gasteiger partial charge in [-0.05, 0) is 6.42 Å². The standard InChI is InChI=1S/C20H28N4O.2ClH/c1-23-19-8-11-24(14-16-13-21-9-12-25-15-16)10-7-18(19)20(22-23)17-5-3-2-4-6-17;;/h2-6,16,21H,7-15H2,1H3;2*1H. The molecule has 1 fully saturated rings. The summed E-state index contributed by atoms with van der Waals surface area (Å²) in [6, 6.07) is 10.6. The molecule has 1 N–H and O–H groups in total. The molecule has 27 heavy (non-hydrogen) atoms. The Labute approximate surface area is 174 Å². The van der Waals surface area contributed by atoms with Crippen LogP contribution in [0, 0.1) is 5.92 Å². The van der Waals surface area contributed by atoms with Crippen LogP contribution in [0.1, 0.15) is 11.3 Å². The maximum Gasteiger partial charge on any atom is 0.0958 e. The largest absolute Gasteiger partial charge is 0.380 e. The van der Waals surface area contributed by atoms with Gasteiger partial charge < -0.3 is 15.0 Å². The SMILES string of the molecule is Cl.Cl.Cn1nc(-c2ccccc2)c2c1CCN(CC1CNCCOC1)CC2. The van der Waals surface area contributed by atoms with Gasteiger partial charge in [0.05, 0.1) is 18.9 Å². The van der Waals surface area contributed by atoms with E-state index in [-0.39, 0.29) is 24.8 Å². The number of fused-ring (bicyclic) bond motifs is 1. The number of nitrogens with zero attached hydrogens (tertiary/aromatic N) is 3. The molecular weight excluding hydrogens is 383 g/mol. The van der Waals surface area contributed by atoms with Crippen LogP contribution >= 0.6 is 24.8 Å². The number of hydrogen-bond acceptors (Lipinski definition) is 4. The Morgan fingerprint density at radius 3 is 2.74 bits per heavy atom. The molecule has 1 unspecified atom stereocenters. The minimum atomic E-state index is 0. The highest BCUT2D eigenvalue weighted by atomic mass is 35.5. The number of hydrogen-bond donors (Lipinski definition) is 1. The molecule has 0 radical (unpaired) electrons. The van der Waals surface area contributed by atoms with E-state index in [1.54, 1.807) is 0 Å². The van der Waals surface area contributed by atoms with Gasteiger partial charge in [-0.2, -0.15) is 5.10 Å².